The minimum atomic E-state index is -0.529. The number of ketones is 1. The molecule has 3 nitrogen and oxygen atoms in total. The van der Waals surface area contributed by atoms with Crippen molar-refractivity contribution in [1.29, 1.82) is 0 Å². The monoisotopic (exact) mass is 215 g/mol. The van der Waals surface area contributed by atoms with Crippen LogP contribution in [0.2, 0.25) is 0 Å². The van der Waals surface area contributed by atoms with Crippen LogP contribution in [0.3, 0.4) is 0 Å². The quantitative estimate of drug-likeness (QED) is 0.564. The molecule has 0 saturated carbocycles. The molecule has 1 aromatic carbocycles. The summed E-state index contributed by atoms with van der Waals surface area (Å²) in [7, 11) is 1.31. The molecule has 5 heteroatoms. The van der Waals surface area contributed by atoms with Crippen LogP contribution in [-0.2, 0) is 15.9 Å². The van der Waals surface area contributed by atoms with Gasteiger partial charge in [-0.25, -0.2) is 4.39 Å². The summed E-state index contributed by atoms with van der Waals surface area (Å²) in [6.07, 6.45) is 0. The van der Waals surface area contributed by atoms with Gasteiger partial charge in [0, 0.05) is 9.77 Å². The summed E-state index contributed by atoms with van der Waals surface area (Å²) in [4.78, 5) is 11.2. The first-order chi connectivity index (χ1) is 6.69. The number of halogens is 1. The first-order valence-electron chi connectivity index (χ1n) is 3.80. The Balaban J connectivity index is 2.99. The topological polar surface area (TPSA) is 43.4 Å². The highest BCUT2D eigenvalue weighted by atomic mass is 32.1. The third-order valence-electron chi connectivity index (χ3n) is 1.66. The van der Waals surface area contributed by atoms with E-state index >= 15 is 0 Å². The van der Waals surface area contributed by atoms with Gasteiger partial charge in [0.1, 0.15) is 0 Å². The Hall–Kier alpha value is -1.36. The molecule has 0 aromatic heterocycles. The number of hydrogen-bond donors (Lipinski definition) is 0. The van der Waals surface area contributed by atoms with Crippen LogP contribution in [0.25, 0.3) is 0 Å². The Labute approximate surface area is 84.4 Å². The molecule has 0 radical (unpaired) electrons. The van der Waals surface area contributed by atoms with Gasteiger partial charge in [-0.15, -0.1) is 0 Å². The standard InChI is InChI=1S/C9H8FO3S/c1-13-9-4-6(2-3-7(9)10)8(11)5-14-12/h2-4H,5H2,1H3/q+1. The van der Waals surface area contributed by atoms with Crippen molar-refractivity contribution in [3.8, 4) is 5.75 Å². The zero-order chi connectivity index (χ0) is 10.6. The van der Waals surface area contributed by atoms with Gasteiger partial charge in [0.2, 0.25) is 5.78 Å². The Kier molecular flexibility index (Phi) is 3.64. The second kappa shape index (κ2) is 4.76. The number of benzene rings is 1. The van der Waals surface area contributed by atoms with E-state index in [1.807, 2.05) is 0 Å². The maximum absolute atomic E-state index is 12.9. The molecule has 0 spiro atoms. The lowest BCUT2D eigenvalue weighted by atomic mass is 10.1. The van der Waals surface area contributed by atoms with Gasteiger partial charge in [0.25, 0.3) is 5.75 Å². The van der Waals surface area contributed by atoms with E-state index in [9.17, 15) is 13.4 Å². The SMILES string of the molecule is COc1cc(C(=O)C[S+]=O)ccc1F. The summed E-state index contributed by atoms with van der Waals surface area (Å²) in [5.41, 5.74) is 0.284. The van der Waals surface area contributed by atoms with E-state index in [1.54, 1.807) is 0 Å². The summed E-state index contributed by atoms with van der Waals surface area (Å²) in [5, 5.41) is 0. The maximum atomic E-state index is 12.9. The van der Waals surface area contributed by atoms with Crippen molar-refractivity contribution in [3.63, 3.8) is 0 Å². The Morgan fingerprint density at radius 2 is 2.29 bits per heavy atom. The molecule has 0 aliphatic carbocycles. The Bertz CT molecular complexity index is 365. The molecule has 0 unspecified atom stereocenters. The molecule has 0 aliphatic heterocycles. The van der Waals surface area contributed by atoms with Crippen molar-refractivity contribution in [1.82, 2.24) is 0 Å². The lowest BCUT2D eigenvalue weighted by molar-refractivity contribution is 0.102. The van der Waals surface area contributed by atoms with Gasteiger partial charge in [-0.1, -0.05) is 0 Å². The predicted octanol–water partition coefficient (Wildman–Crippen LogP) is 1.45. The molecule has 74 valence electrons. The minimum Gasteiger partial charge on any atom is -0.494 e. The lowest BCUT2D eigenvalue weighted by Gasteiger charge is -2.02. The van der Waals surface area contributed by atoms with Crippen LogP contribution in [-0.4, -0.2) is 18.6 Å². The maximum Gasteiger partial charge on any atom is 0.467 e. The number of carbonyl (C=O) groups is 1. The van der Waals surface area contributed by atoms with E-state index in [1.165, 1.54) is 19.2 Å². The highest BCUT2D eigenvalue weighted by Crippen LogP contribution is 2.18. The molecule has 0 atom stereocenters. The summed E-state index contributed by atoms with van der Waals surface area (Å²) in [5.74, 6) is -1.01. The number of carbonyl (C=O) groups excluding carboxylic acids is 1. The zero-order valence-corrected chi connectivity index (χ0v) is 8.27. The van der Waals surface area contributed by atoms with Crippen LogP contribution in [0.4, 0.5) is 4.39 Å². The number of hydrogen-bond acceptors (Lipinski definition) is 3. The van der Waals surface area contributed by atoms with Crippen LogP contribution in [0.5, 0.6) is 5.75 Å². The number of Topliss-reactive ketones (excluding diaryl/α,β-unsaturated/α-hetero) is 1. The fraction of sp³-hybridized carbons (Fsp3) is 0.222. The van der Waals surface area contributed by atoms with Crippen molar-refractivity contribution in [3.05, 3.63) is 29.6 Å². The van der Waals surface area contributed by atoms with Crippen LogP contribution < -0.4 is 4.74 Å². The first kappa shape index (κ1) is 10.7. The number of rotatable bonds is 4. The molecule has 0 fully saturated rings. The fourth-order valence-electron chi connectivity index (χ4n) is 0.970. The van der Waals surface area contributed by atoms with Gasteiger partial charge in [0.05, 0.1) is 7.11 Å². The minimum absolute atomic E-state index is 0.00625. The zero-order valence-electron chi connectivity index (χ0n) is 7.45. The molecule has 14 heavy (non-hydrogen) atoms. The normalized spacial score (nSPS) is 9.57. The molecule has 0 amide bonds. The number of methoxy groups -OCH3 is 1. The van der Waals surface area contributed by atoms with E-state index in [0.717, 1.165) is 6.07 Å². The molecule has 0 N–H and O–H groups in total. The lowest BCUT2D eigenvalue weighted by Crippen LogP contribution is -2.04. The van der Waals surface area contributed by atoms with E-state index in [4.69, 9.17) is 4.74 Å². The van der Waals surface area contributed by atoms with E-state index < -0.39 is 5.82 Å². The average molecular weight is 215 g/mol. The highest BCUT2D eigenvalue weighted by molar-refractivity contribution is 7.66. The summed E-state index contributed by atoms with van der Waals surface area (Å²) < 4.78 is 27.7. The smallest absolute Gasteiger partial charge is 0.467 e. The van der Waals surface area contributed by atoms with Gasteiger partial charge in [-0.2, -0.15) is 0 Å². The predicted molar refractivity (Wildman–Crippen MR) is 50.2 cm³/mol. The molecule has 0 saturated heterocycles. The molecule has 0 aliphatic rings. The highest BCUT2D eigenvalue weighted by Gasteiger charge is 2.15. The van der Waals surface area contributed by atoms with E-state index in [0.29, 0.717) is 0 Å². The third-order valence-corrected chi connectivity index (χ3v) is 2.04. The fourth-order valence-corrected chi connectivity index (χ4v) is 1.24. The van der Waals surface area contributed by atoms with Gasteiger partial charge in [-0.05, 0) is 18.2 Å². The third kappa shape index (κ3) is 2.32. The molecule has 0 bridgehead atoms. The van der Waals surface area contributed by atoms with Gasteiger partial charge in [-0.3, -0.25) is 4.79 Å². The van der Waals surface area contributed by atoms with E-state index in [2.05, 4.69) is 0 Å². The van der Waals surface area contributed by atoms with E-state index in [-0.39, 0.29) is 34.5 Å². The summed E-state index contributed by atoms with van der Waals surface area (Å²) in [6.45, 7) is 0. The summed E-state index contributed by atoms with van der Waals surface area (Å²) in [6, 6.07) is 3.76. The molecular weight excluding hydrogens is 207 g/mol. The van der Waals surface area contributed by atoms with Crippen LogP contribution in [0.15, 0.2) is 18.2 Å². The molecule has 1 aromatic rings. The largest absolute Gasteiger partial charge is 0.494 e. The van der Waals surface area contributed by atoms with Crippen molar-refractivity contribution in [2.24, 2.45) is 0 Å². The average Bonchev–Trinajstić information content (AvgIpc) is 2.19. The van der Waals surface area contributed by atoms with Crippen molar-refractivity contribution < 1.29 is 18.1 Å². The van der Waals surface area contributed by atoms with Crippen molar-refractivity contribution in [2.75, 3.05) is 12.9 Å². The molecule has 0 heterocycles. The second-order valence-corrected chi connectivity index (χ2v) is 3.06. The Morgan fingerprint density at radius 3 is 2.86 bits per heavy atom. The molecular formula is C9H8FO3S+. The van der Waals surface area contributed by atoms with Crippen molar-refractivity contribution in [2.45, 2.75) is 0 Å². The van der Waals surface area contributed by atoms with Crippen LogP contribution >= 0.6 is 0 Å². The molecule has 1 rings (SSSR count). The van der Waals surface area contributed by atoms with Crippen molar-refractivity contribution >= 4 is 17.4 Å². The van der Waals surface area contributed by atoms with Gasteiger partial charge < -0.3 is 4.74 Å². The first-order valence-corrected chi connectivity index (χ1v) is 4.71. The van der Waals surface area contributed by atoms with Crippen LogP contribution in [0.1, 0.15) is 10.4 Å². The number of ether oxygens (including phenoxy) is 1. The van der Waals surface area contributed by atoms with Gasteiger partial charge >= 0.3 is 11.7 Å². The van der Waals surface area contributed by atoms with Gasteiger partial charge in [0.15, 0.2) is 11.6 Å². The summed E-state index contributed by atoms with van der Waals surface area (Å²) >= 11 is 0.188. The Morgan fingerprint density at radius 1 is 1.57 bits per heavy atom. The second-order valence-electron chi connectivity index (χ2n) is 2.53. The van der Waals surface area contributed by atoms with Crippen LogP contribution in [0, 0.1) is 5.82 Å².